The Kier molecular flexibility index (Phi) is 4.68. The summed E-state index contributed by atoms with van der Waals surface area (Å²) < 4.78 is 5.23. The monoisotopic (exact) mass is 259 g/mol. The Balaban J connectivity index is 1.92. The highest BCUT2D eigenvalue weighted by molar-refractivity contribution is 5.27. The van der Waals surface area contributed by atoms with Gasteiger partial charge in [-0.1, -0.05) is 43.3 Å². The Labute approximate surface area is 114 Å². The van der Waals surface area contributed by atoms with E-state index in [2.05, 4.69) is 48.4 Å². The van der Waals surface area contributed by atoms with Crippen molar-refractivity contribution in [2.75, 3.05) is 6.54 Å². The van der Waals surface area contributed by atoms with E-state index >= 15 is 0 Å². The summed E-state index contributed by atoms with van der Waals surface area (Å²) in [7, 11) is 0. The van der Waals surface area contributed by atoms with Crippen molar-refractivity contribution in [3.05, 3.63) is 47.1 Å². The number of benzene rings is 1. The van der Waals surface area contributed by atoms with Gasteiger partial charge in [0.1, 0.15) is 0 Å². The molecule has 1 aromatic carbocycles. The van der Waals surface area contributed by atoms with Crippen LogP contribution in [0, 0.1) is 12.8 Å². The lowest BCUT2D eigenvalue weighted by atomic mass is 10.1. The Morgan fingerprint density at radius 1 is 1.26 bits per heavy atom. The van der Waals surface area contributed by atoms with E-state index in [4.69, 9.17) is 4.52 Å². The van der Waals surface area contributed by atoms with Gasteiger partial charge in [0.15, 0.2) is 5.82 Å². The quantitative estimate of drug-likeness (QED) is 0.866. The first-order valence-electron chi connectivity index (χ1n) is 6.72. The number of hydrogen-bond donors (Lipinski definition) is 1. The smallest absolute Gasteiger partial charge is 0.240 e. The molecule has 0 unspecified atom stereocenters. The van der Waals surface area contributed by atoms with Gasteiger partial charge < -0.3 is 9.84 Å². The zero-order chi connectivity index (χ0) is 13.7. The lowest BCUT2D eigenvalue weighted by molar-refractivity contribution is 0.360. The van der Waals surface area contributed by atoms with E-state index in [1.165, 1.54) is 11.1 Å². The van der Waals surface area contributed by atoms with Crippen molar-refractivity contribution in [2.24, 2.45) is 5.92 Å². The van der Waals surface area contributed by atoms with Crippen LogP contribution in [0.1, 0.15) is 36.7 Å². The van der Waals surface area contributed by atoms with Crippen molar-refractivity contribution in [1.29, 1.82) is 0 Å². The Hall–Kier alpha value is -1.68. The second-order valence-electron chi connectivity index (χ2n) is 5.23. The van der Waals surface area contributed by atoms with Gasteiger partial charge in [0.2, 0.25) is 5.89 Å². The number of nitrogens with zero attached hydrogens (tertiary/aromatic N) is 2. The van der Waals surface area contributed by atoms with Gasteiger partial charge in [-0.25, -0.2) is 0 Å². The molecule has 4 nitrogen and oxygen atoms in total. The molecule has 0 fully saturated rings. The molecule has 0 amide bonds. The fraction of sp³-hybridized carbons (Fsp3) is 0.467. The first-order valence-corrected chi connectivity index (χ1v) is 6.72. The molecule has 0 saturated carbocycles. The van der Waals surface area contributed by atoms with Gasteiger partial charge >= 0.3 is 0 Å². The topological polar surface area (TPSA) is 51.0 Å². The maximum absolute atomic E-state index is 5.23. The molecule has 0 bridgehead atoms. The van der Waals surface area contributed by atoms with E-state index in [9.17, 15) is 0 Å². The van der Waals surface area contributed by atoms with Crippen LogP contribution in [-0.2, 0) is 13.0 Å². The predicted octanol–water partition coefficient (Wildman–Crippen LogP) is 2.71. The fourth-order valence-corrected chi connectivity index (χ4v) is 1.88. The van der Waals surface area contributed by atoms with Crippen LogP contribution in [0.4, 0.5) is 0 Å². The fourth-order valence-electron chi connectivity index (χ4n) is 1.88. The Bertz CT molecular complexity index is 520. The van der Waals surface area contributed by atoms with Gasteiger partial charge in [-0.05, 0) is 30.5 Å². The molecule has 102 valence electrons. The number of hydrogen-bond acceptors (Lipinski definition) is 4. The second-order valence-corrected chi connectivity index (χ2v) is 5.23. The van der Waals surface area contributed by atoms with Crippen LogP contribution in [-0.4, -0.2) is 16.7 Å². The van der Waals surface area contributed by atoms with E-state index in [1.54, 1.807) is 0 Å². The molecule has 0 aliphatic heterocycles. The average molecular weight is 259 g/mol. The molecule has 4 heteroatoms. The van der Waals surface area contributed by atoms with Crippen molar-refractivity contribution in [2.45, 2.75) is 33.7 Å². The molecule has 1 N–H and O–H groups in total. The van der Waals surface area contributed by atoms with E-state index < -0.39 is 0 Å². The van der Waals surface area contributed by atoms with Gasteiger partial charge in [0.25, 0.3) is 0 Å². The molecule has 2 aromatic rings. The van der Waals surface area contributed by atoms with Crippen molar-refractivity contribution >= 4 is 0 Å². The molecule has 2 rings (SSSR count). The van der Waals surface area contributed by atoms with Crippen LogP contribution in [0.3, 0.4) is 0 Å². The number of aromatic nitrogens is 2. The third-order valence-electron chi connectivity index (χ3n) is 2.95. The van der Waals surface area contributed by atoms with Crippen LogP contribution in [0.25, 0.3) is 0 Å². The second kappa shape index (κ2) is 6.48. The minimum atomic E-state index is 0.620. The SMILES string of the molecule is Cc1ccccc1Cc1noc(CNCC(C)C)n1. The largest absolute Gasteiger partial charge is 0.338 e. The Morgan fingerprint density at radius 2 is 2.05 bits per heavy atom. The van der Waals surface area contributed by atoms with Crippen molar-refractivity contribution in [3.63, 3.8) is 0 Å². The number of nitrogens with one attached hydrogen (secondary N) is 1. The standard InChI is InChI=1S/C15H21N3O/c1-11(2)9-16-10-15-17-14(18-19-15)8-13-7-5-4-6-12(13)3/h4-7,11,16H,8-10H2,1-3H3. The van der Waals surface area contributed by atoms with Gasteiger partial charge in [-0.3, -0.25) is 0 Å². The van der Waals surface area contributed by atoms with Crippen LogP contribution in [0.2, 0.25) is 0 Å². The molecule has 0 aliphatic carbocycles. The molecule has 0 spiro atoms. The maximum atomic E-state index is 5.23. The number of rotatable bonds is 6. The Morgan fingerprint density at radius 3 is 2.79 bits per heavy atom. The molecule has 1 aromatic heterocycles. The summed E-state index contributed by atoms with van der Waals surface area (Å²) in [6, 6.07) is 8.27. The summed E-state index contributed by atoms with van der Waals surface area (Å²) in [6.45, 7) is 8.03. The van der Waals surface area contributed by atoms with Crippen molar-refractivity contribution < 1.29 is 4.52 Å². The minimum absolute atomic E-state index is 0.620. The number of aryl methyl sites for hydroxylation is 1. The summed E-state index contributed by atoms with van der Waals surface area (Å²) in [4.78, 5) is 4.40. The van der Waals surface area contributed by atoms with Crippen LogP contribution >= 0.6 is 0 Å². The van der Waals surface area contributed by atoms with E-state index in [0.717, 1.165) is 18.8 Å². The summed E-state index contributed by atoms with van der Waals surface area (Å²) >= 11 is 0. The maximum Gasteiger partial charge on any atom is 0.240 e. The first-order chi connectivity index (χ1) is 9.15. The van der Waals surface area contributed by atoms with Gasteiger partial charge in [0.05, 0.1) is 6.54 Å². The summed E-state index contributed by atoms with van der Waals surface area (Å²) in [5, 5.41) is 7.32. The van der Waals surface area contributed by atoms with E-state index in [0.29, 0.717) is 18.4 Å². The zero-order valence-electron chi connectivity index (χ0n) is 11.8. The molecular weight excluding hydrogens is 238 g/mol. The molecule has 1 heterocycles. The van der Waals surface area contributed by atoms with Crippen molar-refractivity contribution in [1.82, 2.24) is 15.5 Å². The van der Waals surface area contributed by atoms with Crippen LogP contribution in [0.5, 0.6) is 0 Å². The van der Waals surface area contributed by atoms with Crippen molar-refractivity contribution in [3.8, 4) is 0 Å². The predicted molar refractivity (Wildman–Crippen MR) is 74.8 cm³/mol. The summed E-state index contributed by atoms with van der Waals surface area (Å²) in [6.07, 6.45) is 0.723. The van der Waals surface area contributed by atoms with Crippen LogP contribution < -0.4 is 5.32 Å². The van der Waals surface area contributed by atoms with E-state index in [1.807, 2.05) is 12.1 Å². The lowest BCUT2D eigenvalue weighted by Crippen LogP contribution is -2.19. The molecular formula is C15H21N3O. The molecule has 0 atom stereocenters. The zero-order valence-corrected chi connectivity index (χ0v) is 11.8. The highest BCUT2D eigenvalue weighted by Crippen LogP contribution is 2.11. The van der Waals surface area contributed by atoms with Crippen LogP contribution in [0.15, 0.2) is 28.8 Å². The average Bonchev–Trinajstić information content (AvgIpc) is 2.79. The van der Waals surface area contributed by atoms with Gasteiger partial charge in [0, 0.05) is 6.42 Å². The minimum Gasteiger partial charge on any atom is -0.338 e. The highest BCUT2D eigenvalue weighted by atomic mass is 16.5. The lowest BCUT2D eigenvalue weighted by Gasteiger charge is -2.03. The van der Waals surface area contributed by atoms with E-state index in [-0.39, 0.29) is 0 Å². The third-order valence-corrected chi connectivity index (χ3v) is 2.95. The molecule has 0 radical (unpaired) electrons. The summed E-state index contributed by atoms with van der Waals surface area (Å²) in [5.74, 6) is 2.02. The normalized spacial score (nSPS) is 11.2. The first kappa shape index (κ1) is 13.7. The van der Waals surface area contributed by atoms with Gasteiger partial charge in [-0.15, -0.1) is 0 Å². The molecule has 19 heavy (non-hydrogen) atoms. The van der Waals surface area contributed by atoms with Gasteiger partial charge in [-0.2, -0.15) is 4.98 Å². The summed E-state index contributed by atoms with van der Waals surface area (Å²) in [5.41, 5.74) is 2.50. The molecule has 0 aliphatic rings. The highest BCUT2D eigenvalue weighted by Gasteiger charge is 2.08. The third kappa shape index (κ3) is 4.17. The molecule has 0 saturated heterocycles.